The lowest BCUT2D eigenvalue weighted by atomic mass is 10.1. The molecule has 0 saturated heterocycles. The maximum Gasteiger partial charge on any atom is 0.417 e. The van der Waals surface area contributed by atoms with E-state index in [4.69, 9.17) is 11.6 Å². The van der Waals surface area contributed by atoms with E-state index < -0.39 is 40.6 Å². The Balaban J connectivity index is 1.44. The summed E-state index contributed by atoms with van der Waals surface area (Å²) in [4.78, 5) is 40.9. The van der Waals surface area contributed by atoms with Crippen molar-refractivity contribution >= 4 is 40.4 Å². The number of hydrogen-bond donors (Lipinski definition) is 2. The summed E-state index contributed by atoms with van der Waals surface area (Å²) in [6.45, 7) is 1.62. The lowest BCUT2D eigenvalue weighted by Crippen LogP contribution is -2.27. The van der Waals surface area contributed by atoms with E-state index in [1.54, 1.807) is 6.92 Å². The molecule has 3 heterocycles. The van der Waals surface area contributed by atoms with Crippen molar-refractivity contribution in [2.45, 2.75) is 19.1 Å². The normalized spacial score (nSPS) is 12.2. The monoisotopic (exact) mass is 550 g/mol. The predicted molar refractivity (Wildman–Crippen MR) is 128 cm³/mol. The van der Waals surface area contributed by atoms with Gasteiger partial charge < -0.3 is 10.6 Å². The Bertz CT molecular complexity index is 1480. The average Bonchev–Trinajstić information content (AvgIpc) is 3.36. The Morgan fingerprint density at radius 2 is 1.84 bits per heavy atom. The van der Waals surface area contributed by atoms with Crippen molar-refractivity contribution < 1.29 is 27.2 Å². The summed E-state index contributed by atoms with van der Waals surface area (Å²) in [7, 11) is 0. The maximum atomic E-state index is 14.0. The van der Waals surface area contributed by atoms with Gasteiger partial charge in [-0.15, -0.1) is 11.3 Å². The van der Waals surface area contributed by atoms with Crippen LogP contribution in [0.3, 0.4) is 0 Å². The molecule has 2 amide bonds. The van der Waals surface area contributed by atoms with E-state index in [2.05, 4.69) is 30.6 Å². The molecule has 0 saturated carbocycles. The number of carbonyl (C=O) groups is 2. The molecule has 1 aromatic carbocycles. The second-order valence-electron chi connectivity index (χ2n) is 7.53. The molecule has 0 radical (unpaired) electrons. The molecule has 0 aliphatic heterocycles. The molecule has 0 aliphatic rings. The Hall–Kier alpha value is -3.97. The molecular weight excluding hydrogens is 536 g/mol. The van der Waals surface area contributed by atoms with Crippen LogP contribution in [0, 0.1) is 5.95 Å². The third-order valence-corrected chi connectivity index (χ3v) is 6.44. The maximum absolute atomic E-state index is 14.0. The van der Waals surface area contributed by atoms with Crippen molar-refractivity contribution in [3.05, 3.63) is 87.2 Å². The highest BCUT2D eigenvalue weighted by molar-refractivity contribution is 7.13. The van der Waals surface area contributed by atoms with Gasteiger partial charge in [0.25, 0.3) is 11.8 Å². The van der Waals surface area contributed by atoms with Crippen LogP contribution < -0.4 is 10.6 Å². The van der Waals surface area contributed by atoms with Crippen LogP contribution in [0.4, 0.5) is 23.2 Å². The zero-order valence-corrected chi connectivity index (χ0v) is 20.2. The average molecular weight is 551 g/mol. The Morgan fingerprint density at radius 3 is 2.57 bits per heavy atom. The second kappa shape index (κ2) is 10.6. The van der Waals surface area contributed by atoms with E-state index in [0.29, 0.717) is 5.01 Å². The highest BCUT2D eigenvalue weighted by Crippen LogP contribution is 2.36. The lowest BCUT2D eigenvalue weighted by molar-refractivity contribution is -0.137. The van der Waals surface area contributed by atoms with Crippen molar-refractivity contribution in [3.63, 3.8) is 0 Å². The van der Waals surface area contributed by atoms with Gasteiger partial charge in [-0.1, -0.05) is 11.6 Å². The zero-order chi connectivity index (χ0) is 26.7. The van der Waals surface area contributed by atoms with Gasteiger partial charge in [-0.3, -0.25) is 9.59 Å². The minimum Gasteiger partial charge on any atom is -0.342 e. The first kappa shape index (κ1) is 26.1. The number of nitrogens with one attached hydrogen (secondary N) is 2. The number of pyridine rings is 1. The van der Waals surface area contributed by atoms with E-state index in [0.717, 1.165) is 29.8 Å². The molecule has 4 rings (SSSR count). The summed E-state index contributed by atoms with van der Waals surface area (Å²) < 4.78 is 53.2. The number of amides is 2. The summed E-state index contributed by atoms with van der Waals surface area (Å²) in [5, 5.41) is 4.92. The largest absolute Gasteiger partial charge is 0.417 e. The number of carbonyl (C=O) groups excluding carboxylic acids is 2. The fourth-order valence-corrected chi connectivity index (χ4v) is 4.18. The highest BCUT2D eigenvalue weighted by Gasteiger charge is 2.33. The molecular formula is C23H15ClF4N6O2S. The van der Waals surface area contributed by atoms with E-state index in [9.17, 15) is 27.2 Å². The molecule has 0 aliphatic carbocycles. The van der Waals surface area contributed by atoms with Gasteiger partial charge in [-0.25, -0.2) is 19.9 Å². The zero-order valence-electron chi connectivity index (χ0n) is 18.7. The third-order valence-electron chi connectivity index (χ3n) is 4.93. The van der Waals surface area contributed by atoms with Gasteiger partial charge in [0.1, 0.15) is 21.9 Å². The quantitative estimate of drug-likeness (QED) is 0.241. The topological polar surface area (TPSA) is 110 Å². The Morgan fingerprint density at radius 1 is 1.05 bits per heavy atom. The van der Waals surface area contributed by atoms with Crippen molar-refractivity contribution in [2.75, 3.05) is 5.32 Å². The van der Waals surface area contributed by atoms with Gasteiger partial charge in [-0.05, 0) is 43.3 Å². The van der Waals surface area contributed by atoms with Gasteiger partial charge in [0.15, 0.2) is 0 Å². The van der Waals surface area contributed by atoms with Crippen LogP contribution in [0.25, 0.3) is 11.3 Å². The van der Waals surface area contributed by atoms with Gasteiger partial charge in [0.2, 0.25) is 5.95 Å². The van der Waals surface area contributed by atoms with E-state index in [1.165, 1.54) is 36.7 Å². The van der Waals surface area contributed by atoms with Crippen LogP contribution in [0.15, 0.2) is 55.1 Å². The molecule has 1 atom stereocenters. The molecule has 190 valence electrons. The highest BCUT2D eigenvalue weighted by atomic mass is 35.5. The number of alkyl halides is 3. The molecule has 4 aromatic rings. The predicted octanol–water partition coefficient (Wildman–Crippen LogP) is 5.55. The fourth-order valence-electron chi connectivity index (χ4n) is 3.14. The summed E-state index contributed by atoms with van der Waals surface area (Å²) >= 11 is 6.55. The molecule has 0 bridgehead atoms. The minimum absolute atomic E-state index is 0.0298. The smallest absolute Gasteiger partial charge is 0.342 e. The summed E-state index contributed by atoms with van der Waals surface area (Å²) in [5.74, 6) is -2.03. The first-order valence-corrected chi connectivity index (χ1v) is 11.6. The van der Waals surface area contributed by atoms with Gasteiger partial charge in [0, 0.05) is 11.9 Å². The van der Waals surface area contributed by atoms with Crippen molar-refractivity contribution in [3.8, 4) is 11.3 Å². The van der Waals surface area contributed by atoms with Gasteiger partial charge in [-0.2, -0.15) is 17.6 Å². The molecule has 0 spiro atoms. The molecule has 37 heavy (non-hydrogen) atoms. The SMILES string of the molecule is CC(NC(=O)c1cc(-c2cccnc2F)ncn1)c1ncc(C(=O)Nc2ccc(Cl)c(C(F)(F)F)c2)s1. The fraction of sp³-hybridized carbons (Fsp3) is 0.130. The first-order chi connectivity index (χ1) is 17.5. The number of hydrogen-bond acceptors (Lipinski definition) is 7. The number of benzene rings is 1. The third kappa shape index (κ3) is 6.06. The molecule has 2 N–H and O–H groups in total. The van der Waals surface area contributed by atoms with Gasteiger partial charge >= 0.3 is 6.18 Å². The summed E-state index contributed by atoms with van der Waals surface area (Å²) in [6, 6.07) is 6.67. The Kier molecular flexibility index (Phi) is 7.45. The van der Waals surface area contributed by atoms with E-state index in [1.807, 2.05) is 0 Å². The molecule has 14 heteroatoms. The molecule has 0 fully saturated rings. The van der Waals surface area contributed by atoms with Crippen molar-refractivity contribution in [1.29, 1.82) is 0 Å². The number of anilines is 1. The number of nitrogens with zero attached hydrogens (tertiary/aromatic N) is 4. The lowest BCUT2D eigenvalue weighted by Gasteiger charge is -2.12. The van der Waals surface area contributed by atoms with Crippen LogP contribution in [-0.4, -0.2) is 31.8 Å². The second-order valence-corrected chi connectivity index (χ2v) is 9.00. The van der Waals surface area contributed by atoms with Crippen LogP contribution >= 0.6 is 22.9 Å². The Labute approximate surface area is 215 Å². The standard InChI is InChI=1S/C23H15ClF4N6O2S/c1-11(33-20(35)17-8-16(31-10-32-17)13-3-2-6-29-19(13)25)22-30-9-18(37-22)21(36)34-12-4-5-15(24)14(7-12)23(26,27)28/h2-11H,1H3,(H,33,35)(H,34,36). The van der Waals surface area contributed by atoms with Crippen LogP contribution in [0.1, 0.15) is 43.7 Å². The molecule has 8 nitrogen and oxygen atoms in total. The number of aromatic nitrogens is 4. The van der Waals surface area contributed by atoms with E-state index >= 15 is 0 Å². The van der Waals surface area contributed by atoms with Crippen LogP contribution in [-0.2, 0) is 6.18 Å². The summed E-state index contributed by atoms with van der Waals surface area (Å²) in [5.41, 5.74) is -0.930. The number of halogens is 5. The van der Waals surface area contributed by atoms with Crippen molar-refractivity contribution in [1.82, 2.24) is 25.3 Å². The molecule has 1 unspecified atom stereocenters. The number of thiazole rings is 1. The number of rotatable bonds is 6. The van der Waals surface area contributed by atoms with Crippen molar-refractivity contribution in [2.24, 2.45) is 0 Å². The first-order valence-electron chi connectivity index (χ1n) is 10.4. The molecule has 3 aromatic heterocycles. The minimum atomic E-state index is -4.68. The van der Waals surface area contributed by atoms with Crippen LogP contribution in [0.2, 0.25) is 5.02 Å². The van der Waals surface area contributed by atoms with Crippen LogP contribution in [0.5, 0.6) is 0 Å². The van der Waals surface area contributed by atoms with E-state index in [-0.39, 0.29) is 27.5 Å². The van der Waals surface area contributed by atoms with Gasteiger partial charge in [0.05, 0.1) is 34.1 Å². The summed E-state index contributed by atoms with van der Waals surface area (Å²) in [6.07, 6.45) is -1.03.